The van der Waals surface area contributed by atoms with Crippen LogP contribution in [0.1, 0.15) is 55.6 Å². The summed E-state index contributed by atoms with van der Waals surface area (Å²) in [6.45, 7) is 7.70. The van der Waals surface area contributed by atoms with Crippen molar-refractivity contribution >= 4 is 68.2 Å². The van der Waals surface area contributed by atoms with Gasteiger partial charge in [0.25, 0.3) is 0 Å². The summed E-state index contributed by atoms with van der Waals surface area (Å²) in [4.78, 5) is 3.55. The zero-order valence-corrected chi connectivity index (χ0v) is 61.0. The van der Waals surface area contributed by atoms with E-state index in [0.717, 1.165) is 57.6 Å². The summed E-state index contributed by atoms with van der Waals surface area (Å²) in [5, 5.41) is 1.40. The van der Waals surface area contributed by atoms with Gasteiger partial charge in [0.05, 0.1) is 10.8 Å². The first kappa shape index (κ1) is 70.8. The number of hydrogen-bond donors (Lipinski definition) is 0. The largest absolute Gasteiger partial charge is 0.457 e. The number of furan rings is 1. The molecular weight excluding hydrogens is 1450 g/mol. The van der Waals surface area contributed by atoms with Crippen LogP contribution in [0, 0.1) is 46.5 Å². The lowest BCUT2D eigenvalue weighted by Crippen LogP contribution is -2.31. The summed E-state index contributed by atoms with van der Waals surface area (Å²) in [6, 6.07) is 97.7. The smallest absolute Gasteiger partial charge is 0.160 e. The predicted molar refractivity (Wildman–Crippen MR) is 441 cm³/mol. The maximum atomic E-state index is 17.0. The highest BCUT2D eigenvalue weighted by atomic mass is 19.2. The molecule has 2 atom stereocenters. The van der Waals surface area contributed by atoms with Crippen molar-refractivity contribution in [3.8, 4) is 67.5 Å². The monoisotopic (exact) mass is 1510 g/mol. The first-order chi connectivity index (χ1) is 56.1. The molecule has 1 heterocycles. The van der Waals surface area contributed by atoms with Crippen LogP contribution in [0.15, 0.2) is 357 Å². The number of rotatable bonds is 18. The van der Waals surface area contributed by atoms with Crippen LogP contribution in [0.25, 0.3) is 78.6 Å². The molecule has 5 nitrogen and oxygen atoms in total. The van der Waals surface area contributed by atoms with Crippen molar-refractivity contribution in [2.75, 3.05) is 9.80 Å². The number of halogens is 8. The number of nitrogens with zero attached hydrogens (tertiary/aromatic N) is 2. The van der Waals surface area contributed by atoms with Gasteiger partial charge in [0.1, 0.15) is 57.4 Å². The molecule has 0 saturated heterocycles. The molecule has 0 bridgehead atoms. The number of hydrogen-bond acceptors (Lipinski definition) is 5. The Balaban J connectivity index is 0.695. The van der Waals surface area contributed by atoms with Crippen LogP contribution in [-0.2, 0) is 10.8 Å². The molecule has 2 unspecified atom stereocenters. The summed E-state index contributed by atoms with van der Waals surface area (Å²) < 4.78 is 149. The van der Waals surface area contributed by atoms with E-state index in [1.807, 2.05) is 231 Å². The molecule has 115 heavy (non-hydrogen) atoms. The van der Waals surface area contributed by atoms with Gasteiger partial charge in [0.2, 0.25) is 0 Å². The molecule has 0 N–H and O–H groups in total. The van der Waals surface area contributed by atoms with Gasteiger partial charge in [0.15, 0.2) is 23.3 Å². The normalized spacial score (nSPS) is 14.4. The molecule has 0 spiro atoms. The Bertz CT molecular complexity index is 6330. The molecule has 16 aromatic carbocycles. The fourth-order valence-electron chi connectivity index (χ4n) is 17.1. The van der Waals surface area contributed by atoms with Crippen LogP contribution in [0.2, 0.25) is 0 Å². The average Bonchev–Trinajstić information content (AvgIpc) is 1.54. The van der Waals surface area contributed by atoms with Gasteiger partial charge in [-0.25, -0.2) is 35.1 Å². The first-order valence-electron chi connectivity index (χ1n) is 37.2. The number of benzene rings is 16. The third-order valence-corrected chi connectivity index (χ3v) is 22.2. The van der Waals surface area contributed by atoms with E-state index in [1.165, 1.54) is 48.5 Å². The second kappa shape index (κ2) is 28.3. The van der Waals surface area contributed by atoms with Gasteiger partial charge in [0, 0.05) is 80.3 Å². The van der Waals surface area contributed by atoms with Gasteiger partial charge in [-0.2, -0.15) is 0 Å². The Morgan fingerprint density at radius 1 is 0.261 bits per heavy atom. The molecule has 0 radical (unpaired) electrons. The minimum Gasteiger partial charge on any atom is -0.457 e. The van der Waals surface area contributed by atoms with Gasteiger partial charge in [-0.15, -0.1) is 0 Å². The second-order valence-corrected chi connectivity index (χ2v) is 28.5. The third-order valence-electron chi connectivity index (χ3n) is 22.2. The van der Waals surface area contributed by atoms with Crippen molar-refractivity contribution in [1.82, 2.24) is 0 Å². The maximum Gasteiger partial charge on any atom is 0.160 e. The van der Waals surface area contributed by atoms with Crippen molar-refractivity contribution in [1.29, 1.82) is 0 Å². The predicted octanol–water partition coefficient (Wildman–Crippen LogP) is 28.6. The highest BCUT2D eigenvalue weighted by molar-refractivity contribution is 6.08. The molecule has 0 saturated carbocycles. The van der Waals surface area contributed by atoms with Crippen LogP contribution >= 0.6 is 0 Å². The van der Waals surface area contributed by atoms with E-state index in [2.05, 4.69) is 13.2 Å². The summed E-state index contributed by atoms with van der Waals surface area (Å²) in [5.41, 5.74) is 11.5. The van der Waals surface area contributed by atoms with Crippen LogP contribution < -0.4 is 19.3 Å². The van der Waals surface area contributed by atoms with E-state index in [4.69, 9.17) is 13.9 Å². The maximum absolute atomic E-state index is 17.0. The van der Waals surface area contributed by atoms with Crippen molar-refractivity contribution in [3.63, 3.8) is 0 Å². The Kier molecular flexibility index (Phi) is 17.4. The highest BCUT2D eigenvalue weighted by Crippen LogP contribution is 2.61. The Hall–Kier alpha value is -14.6. The van der Waals surface area contributed by atoms with E-state index in [0.29, 0.717) is 123 Å². The topological polar surface area (TPSA) is 38.1 Å². The number of ether oxygens (including phenoxy) is 2. The molecule has 1 aromatic heterocycles. The standard InChI is InChI=1S/C102H62F8N2O3/c1-3-61-25-39-75(40-26-61)113-77-43-31-67(32-44-77)101(99-91(105)21-11-22-92(99)106)85-19-7-5-17-79(85)81-47-29-65(55-87(81)101)63-13-9-15-69(53-63)111(71-37-51-89(103)95(109)57-71)73-35-49-83-84-50-36-74(60-98(84)115-97(83)59-73)112(72-38-52-90(104)96(110)58-72)70-16-10-14-64(54-70)66-30-48-82-80-18-6-8-20-86(80)102(88(82)56-66,100-93(107)23-12-24-94(100)108)68-33-45-78(46-34-68)114-76-41-27-62(4-2)28-42-76/h3-60H,1-2H2. The molecule has 0 amide bonds. The number of fused-ring (bicyclic) bond motifs is 9. The molecule has 13 heteroatoms. The van der Waals surface area contributed by atoms with Crippen molar-refractivity contribution in [2.24, 2.45) is 0 Å². The van der Waals surface area contributed by atoms with Crippen molar-refractivity contribution in [2.45, 2.75) is 10.8 Å². The van der Waals surface area contributed by atoms with Crippen LogP contribution in [0.5, 0.6) is 23.0 Å². The summed E-state index contributed by atoms with van der Waals surface area (Å²) >= 11 is 0. The summed E-state index contributed by atoms with van der Waals surface area (Å²) in [6.07, 6.45) is 3.48. The fraction of sp³-hybridized carbons (Fsp3) is 0.0196. The van der Waals surface area contributed by atoms with E-state index in [-0.39, 0.29) is 22.5 Å². The molecule has 0 fully saturated rings. The molecule has 2 aliphatic carbocycles. The summed E-state index contributed by atoms with van der Waals surface area (Å²) in [5.74, 6) is -5.02. The molecule has 554 valence electrons. The van der Waals surface area contributed by atoms with E-state index in [1.54, 1.807) is 58.4 Å². The Labute approximate surface area is 656 Å². The second-order valence-electron chi connectivity index (χ2n) is 28.5. The average molecular weight is 1520 g/mol. The Morgan fingerprint density at radius 3 is 0.974 bits per heavy atom. The van der Waals surface area contributed by atoms with Gasteiger partial charge in [-0.1, -0.05) is 183 Å². The fourth-order valence-corrected chi connectivity index (χ4v) is 17.1. The van der Waals surface area contributed by atoms with Crippen molar-refractivity contribution in [3.05, 3.63) is 455 Å². The zero-order chi connectivity index (χ0) is 78.4. The van der Waals surface area contributed by atoms with Crippen molar-refractivity contribution < 1.29 is 49.0 Å². The van der Waals surface area contributed by atoms with E-state index in [9.17, 15) is 0 Å². The zero-order valence-electron chi connectivity index (χ0n) is 61.0. The molecule has 19 rings (SSSR count). The quantitative estimate of drug-likeness (QED) is 0.0801. The molecule has 17 aromatic rings. The minimum atomic E-state index is -1.53. The third kappa shape index (κ3) is 11.9. The molecule has 0 aliphatic heterocycles. The van der Waals surface area contributed by atoms with Gasteiger partial charge in [-0.3, -0.25) is 0 Å². The minimum absolute atomic E-state index is 0.154. The van der Waals surface area contributed by atoms with E-state index >= 15 is 35.1 Å². The number of anilines is 6. The summed E-state index contributed by atoms with van der Waals surface area (Å²) in [7, 11) is 0. The first-order valence-corrected chi connectivity index (χ1v) is 37.2. The van der Waals surface area contributed by atoms with Gasteiger partial charge >= 0.3 is 0 Å². The van der Waals surface area contributed by atoms with Gasteiger partial charge in [-0.05, 0) is 247 Å². The SMILES string of the molecule is C=Cc1ccc(Oc2ccc(C3(c4c(F)cccc4F)c4ccccc4-c4ccc(-c5cccc(N(c6ccc(F)c(F)c6)c6ccc7c(c6)oc6cc(N(c8cccc(-c9ccc%10c(c9)C(c9ccc(Oc%11ccc(C=C)cc%11)cc9)(c9c(F)cccc9F)c9ccccc9-%10)c8)c8ccc(F)c(F)c8)ccc67)c5)cc43)cc2)cc1. The lowest BCUT2D eigenvalue weighted by molar-refractivity contribution is 0.481. The highest BCUT2D eigenvalue weighted by Gasteiger charge is 2.51. The van der Waals surface area contributed by atoms with Crippen LogP contribution in [0.3, 0.4) is 0 Å². The molecular formula is C102H62F8N2O3. The van der Waals surface area contributed by atoms with Crippen LogP contribution in [-0.4, -0.2) is 0 Å². The Morgan fingerprint density at radius 2 is 0.591 bits per heavy atom. The lowest BCUT2D eigenvalue weighted by atomic mass is 9.67. The lowest BCUT2D eigenvalue weighted by Gasteiger charge is -2.34. The van der Waals surface area contributed by atoms with Gasteiger partial charge < -0.3 is 23.7 Å². The van der Waals surface area contributed by atoms with Crippen LogP contribution in [0.4, 0.5) is 69.2 Å². The molecule has 2 aliphatic rings. The van der Waals surface area contributed by atoms with E-state index < -0.39 is 57.4 Å².